The second kappa shape index (κ2) is 10.4. The van der Waals surface area contributed by atoms with Gasteiger partial charge in [0.25, 0.3) is 0 Å². The molecule has 0 atom stereocenters. The summed E-state index contributed by atoms with van der Waals surface area (Å²) in [6.07, 6.45) is 0.752. The summed E-state index contributed by atoms with van der Waals surface area (Å²) < 4.78 is 12.0. The Labute approximate surface area is 206 Å². The second-order valence-corrected chi connectivity index (χ2v) is 7.97. The molecule has 0 saturated carbocycles. The lowest BCUT2D eigenvalue weighted by atomic mass is 10.2. The molecule has 12 heteroatoms. The number of hydrogen-bond acceptors (Lipinski definition) is 9. The van der Waals surface area contributed by atoms with E-state index in [1.807, 2.05) is 12.1 Å². The van der Waals surface area contributed by atoms with E-state index in [0.717, 1.165) is 11.8 Å². The maximum atomic E-state index is 12.4. The Balaban J connectivity index is 1.37. The fraction of sp³-hybridized carbons (Fsp3) is 0.250. The Hall–Kier alpha value is -4.58. The van der Waals surface area contributed by atoms with E-state index >= 15 is 0 Å². The lowest BCUT2D eigenvalue weighted by molar-refractivity contribution is -0.108. The van der Waals surface area contributed by atoms with Gasteiger partial charge in [0.15, 0.2) is 22.8 Å². The quantitative estimate of drug-likeness (QED) is 0.376. The van der Waals surface area contributed by atoms with Crippen LogP contribution >= 0.6 is 0 Å². The van der Waals surface area contributed by atoms with Crippen LogP contribution in [0.1, 0.15) is 0 Å². The summed E-state index contributed by atoms with van der Waals surface area (Å²) >= 11 is 0. The highest BCUT2D eigenvalue weighted by atomic mass is 16.5. The molecular weight excluding hydrogens is 464 g/mol. The molecule has 2 N–H and O–H groups in total. The molecule has 184 valence electrons. The molecule has 3 heterocycles. The first-order chi connectivity index (χ1) is 17.6. The summed E-state index contributed by atoms with van der Waals surface area (Å²) in [6.45, 7) is 2.54. The van der Waals surface area contributed by atoms with E-state index in [-0.39, 0.29) is 12.6 Å². The van der Waals surface area contributed by atoms with E-state index in [2.05, 4.69) is 30.8 Å². The number of carbonyl (C=O) groups is 2. The molecule has 1 aliphatic rings. The van der Waals surface area contributed by atoms with Gasteiger partial charge in [0.2, 0.25) is 0 Å². The van der Waals surface area contributed by atoms with Crippen LogP contribution in [-0.4, -0.2) is 70.7 Å². The SMILES string of the molecule is COc1ccc(NC(=O)Nc2ccc(-c3nc(N4CCOCC4)c4nnn(CC=O)c4n3)cc2)cc1. The first kappa shape index (κ1) is 23.2. The first-order valence-electron chi connectivity index (χ1n) is 11.3. The van der Waals surface area contributed by atoms with Crippen LogP contribution in [0.3, 0.4) is 0 Å². The number of urea groups is 1. The number of benzene rings is 2. The zero-order valence-corrected chi connectivity index (χ0v) is 19.5. The molecule has 0 radical (unpaired) electrons. The molecule has 12 nitrogen and oxygen atoms in total. The number of fused-ring (bicyclic) bond motifs is 1. The number of anilines is 3. The van der Waals surface area contributed by atoms with Gasteiger partial charge >= 0.3 is 6.03 Å². The third-order valence-corrected chi connectivity index (χ3v) is 5.65. The predicted octanol–water partition coefficient (Wildman–Crippen LogP) is 2.58. The molecule has 1 saturated heterocycles. The van der Waals surface area contributed by atoms with Crippen LogP contribution in [0.15, 0.2) is 48.5 Å². The molecule has 5 rings (SSSR count). The van der Waals surface area contributed by atoms with Crippen molar-refractivity contribution in [1.29, 1.82) is 0 Å². The van der Waals surface area contributed by atoms with E-state index < -0.39 is 0 Å². The van der Waals surface area contributed by atoms with Gasteiger partial charge in [0.05, 0.1) is 20.3 Å². The lowest BCUT2D eigenvalue weighted by Crippen LogP contribution is -2.37. The van der Waals surface area contributed by atoms with E-state index in [1.165, 1.54) is 4.68 Å². The van der Waals surface area contributed by atoms with Crippen LogP contribution in [0.5, 0.6) is 5.75 Å². The number of amides is 2. The van der Waals surface area contributed by atoms with Crippen molar-refractivity contribution in [3.05, 3.63) is 48.5 Å². The molecule has 0 aliphatic carbocycles. The van der Waals surface area contributed by atoms with Crippen molar-refractivity contribution in [2.45, 2.75) is 6.54 Å². The van der Waals surface area contributed by atoms with Gasteiger partial charge in [-0.1, -0.05) is 5.21 Å². The number of aldehydes is 1. The van der Waals surface area contributed by atoms with Gasteiger partial charge in [-0.15, -0.1) is 5.10 Å². The average molecular weight is 489 g/mol. The minimum atomic E-state index is -0.371. The van der Waals surface area contributed by atoms with Gasteiger partial charge in [-0.25, -0.2) is 19.4 Å². The van der Waals surface area contributed by atoms with Crippen molar-refractivity contribution in [2.75, 3.05) is 48.9 Å². The van der Waals surface area contributed by atoms with Crippen LogP contribution in [-0.2, 0) is 16.1 Å². The van der Waals surface area contributed by atoms with Gasteiger partial charge in [-0.2, -0.15) is 0 Å². The maximum absolute atomic E-state index is 12.4. The molecule has 4 aromatic rings. The zero-order valence-electron chi connectivity index (χ0n) is 19.5. The molecular formula is C24H24N8O4. The summed E-state index contributed by atoms with van der Waals surface area (Å²) in [6, 6.07) is 13.9. The van der Waals surface area contributed by atoms with Crippen molar-refractivity contribution >= 4 is 40.7 Å². The average Bonchev–Trinajstić information content (AvgIpc) is 3.32. The molecule has 36 heavy (non-hydrogen) atoms. The Morgan fingerprint density at radius 1 is 1.03 bits per heavy atom. The van der Waals surface area contributed by atoms with Crippen molar-refractivity contribution in [3.63, 3.8) is 0 Å². The molecule has 2 aromatic carbocycles. The predicted molar refractivity (Wildman–Crippen MR) is 133 cm³/mol. The summed E-state index contributed by atoms with van der Waals surface area (Å²) in [7, 11) is 1.59. The van der Waals surface area contributed by atoms with Gasteiger partial charge in [0, 0.05) is 30.0 Å². The summed E-state index contributed by atoms with van der Waals surface area (Å²) in [5.41, 5.74) is 3.01. The van der Waals surface area contributed by atoms with E-state index in [1.54, 1.807) is 43.5 Å². The van der Waals surface area contributed by atoms with Gasteiger partial charge in [-0.05, 0) is 48.5 Å². The van der Waals surface area contributed by atoms with Crippen LogP contribution in [0, 0.1) is 0 Å². The highest BCUT2D eigenvalue weighted by Crippen LogP contribution is 2.27. The molecule has 1 aliphatic heterocycles. The van der Waals surface area contributed by atoms with Crippen LogP contribution in [0.2, 0.25) is 0 Å². The number of ether oxygens (including phenoxy) is 2. The Bertz CT molecular complexity index is 1370. The van der Waals surface area contributed by atoms with Crippen molar-refractivity contribution in [1.82, 2.24) is 25.0 Å². The molecule has 2 aromatic heterocycles. The highest BCUT2D eigenvalue weighted by Gasteiger charge is 2.22. The Morgan fingerprint density at radius 3 is 2.33 bits per heavy atom. The Morgan fingerprint density at radius 2 is 1.69 bits per heavy atom. The summed E-state index contributed by atoms with van der Waals surface area (Å²) in [5.74, 6) is 1.82. The summed E-state index contributed by atoms with van der Waals surface area (Å²) in [4.78, 5) is 35.0. The molecule has 2 amide bonds. The lowest BCUT2D eigenvalue weighted by Gasteiger charge is -2.27. The van der Waals surface area contributed by atoms with Crippen LogP contribution < -0.4 is 20.3 Å². The molecule has 0 spiro atoms. The van der Waals surface area contributed by atoms with E-state index in [0.29, 0.717) is 66.2 Å². The molecule has 1 fully saturated rings. The normalized spacial score (nSPS) is 13.4. The Kier molecular flexibility index (Phi) is 6.67. The minimum Gasteiger partial charge on any atom is -0.497 e. The van der Waals surface area contributed by atoms with Gasteiger partial charge < -0.3 is 29.8 Å². The number of aromatic nitrogens is 5. The second-order valence-electron chi connectivity index (χ2n) is 7.97. The van der Waals surface area contributed by atoms with E-state index in [4.69, 9.17) is 14.5 Å². The fourth-order valence-electron chi connectivity index (χ4n) is 3.83. The van der Waals surface area contributed by atoms with Crippen molar-refractivity contribution < 1.29 is 19.1 Å². The van der Waals surface area contributed by atoms with Gasteiger partial charge in [0.1, 0.15) is 18.6 Å². The number of carbonyl (C=O) groups excluding carboxylic acids is 2. The van der Waals surface area contributed by atoms with Crippen molar-refractivity contribution in [2.24, 2.45) is 0 Å². The standard InChI is InChI=1S/C24H24N8O4/c1-35-19-8-6-18(7-9-19)26-24(34)25-17-4-2-16(3-5-17)21-27-22(31-11-14-36-15-12-31)20-23(28-21)32(10-13-33)30-29-20/h2-9,13H,10-12,14-15H2,1H3,(H2,25,26,34). The number of hydrogen-bond donors (Lipinski definition) is 2. The topological polar surface area (TPSA) is 136 Å². The zero-order chi connectivity index (χ0) is 24.9. The molecule has 0 unspecified atom stereocenters. The third kappa shape index (κ3) is 4.93. The van der Waals surface area contributed by atoms with Crippen molar-refractivity contribution in [3.8, 4) is 17.1 Å². The number of morpholine rings is 1. The number of rotatable bonds is 7. The monoisotopic (exact) mass is 488 g/mol. The van der Waals surface area contributed by atoms with E-state index in [9.17, 15) is 9.59 Å². The largest absolute Gasteiger partial charge is 0.497 e. The smallest absolute Gasteiger partial charge is 0.323 e. The first-order valence-corrected chi connectivity index (χ1v) is 11.3. The number of methoxy groups -OCH3 is 1. The fourth-order valence-corrected chi connectivity index (χ4v) is 3.83. The number of nitrogens with one attached hydrogen (secondary N) is 2. The number of nitrogens with zero attached hydrogens (tertiary/aromatic N) is 6. The third-order valence-electron chi connectivity index (χ3n) is 5.65. The summed E-state index contributed by atoms with van der Waals surface area (Å²) in [5, 5.41) is 13.9. The minimum absolute atomic E-state index is 0.0433. The van der Waals surface area contributed by atoms with Crippen LogP contribution in [0.25, 0.3) is 22.6 Å². The van der Waals surface area contributed by atoms with Crippen LogP contribution in [0.4, 0.5) is 22.0 Å². The molecule has 0 bridgehead atoms. The highest BCUT2D eigenvalue weighted by molar-refractivity contribution is 5.99. The van der Waals surface area contributed by atoms with Gasteiger partial charge in [-0.3, -0.25) is 0 Å². The maximum Gasteiger partial charge on any atom is 0.323 e.